The van der Waals surface area contributed by atoms with Crippen LogP contribution in [0.5, 0.6) is 0 Å². The molecule has 0 saturated carbocycles. The minimum atomic E-state index is 0.434. The average Bonchev–Trinajstić information content (AvgIpc) is 2.69. The van der Waals surface area contributed by atoms with Gasteiger partial charge in [-0.05, 0) is 47.4 Å². The third-order valence-corrected chi connectivity index (χ3v) is 4.52. The molecule has 0 unspecified atom stereocenters. The number of ether oxygens (including phenoxy) is 1. The number of hydrogen-bond donors (Lipinski definition) is 0. The molecular formula is C22H18ClNOS. The monoisotopic (exact) mass is 379 g/mol. The number of benzene rings is 3. The van der Waals surface area contributed by atoms with E-state index in [1.165, 1.54) is 4.90 Å². The second-order valence-electron chi connectivity index (χ2n) is 5.43. The Balaban J connectivity index is 1.71. The van der Waals surface area contributed by atoms with E-state index < -0.39 is 0 Å². The molecule has 2 nitrogen and oxygen atoms in total. The van der Waals surface area contributed by atoms with Crippen molar-refractivity contribution in [3.05, 3.63) is 107 Å². The lowest BCUT2D eigenvalue weighted by molar-refractivity contribution is 0.295. The van der Waals surface area contributed by atoms with Gasteiger partial charge in [0.2, 0.25) is 5.90 Å². The van der Waals surface area contributed by atoms with Crippen molar-refractivity contribution in [1.82, 2.24) is 0 Å². The van der Waals surface area contributed by atoms with E-state index in [1.807, 2.05) is 84.3 Å². The molecule has 0 aliphatic carbocycles. The van der Waals surface area contributed by atoms with Crippen LogP contribution in [0, 0.1) is 0 Å². The van der Waals surface area contributed by atoms with Gasteiger partial charge in [0.05, 0.1) is 5.69 Å². The summed E-state index contributed by atoms with van der Waals surface area (Å²) in [5, 5.41) is 2.70. The lowest BCUT2D eigenvalue weighted by Crippen LogP contribution is -2.01. The molecule has 0 aromatic heterocycles. The van der Waals surface area contributed by atoms with Crippen LogP contribution in [0.15, 0.2) is 106 Å². The Hall–Kier alpha value is -2.49. The quantitative estimate of drug-likeness (QED) is 0.264. The largest absolute Gasteiger partial charge is 0.473 e. The molecule has 0 heterocycles. The molecule has 0 bridgehead atoms. The summed E-state index contributed by atoms with van der Waals surface area (Å²) in [5.74, 6) is 0.564. The minimum Gasteiger partial charge on any atom is -0.473 e. The van der Waals surface area contributed by atoms with Crippen LogP contribution < -0.4 is 0 Å². The van der Waals surface area contributed by atoms with E-state index in [4.69, 9.17) is 16.3 Å². The van der Waals surface area contributed by atoms with E-state index >= 15 is 0 Å². The van der Waals surface area contributed by atoms with Gasteiger partial charge in [-0.25, -0.2) is 4.99 Å². The summed E-state index contributed by atoms with van der Waals surface area (Å²) >= 11 is 7.55. The Morgan fingerprint density at radius 1 is 0.885 bits per heavy atom. The highest BCUT2D eigenvalue weighted by molar-refractivity contribution is 8.02. The number of rotatable bonds is 6. The molecule has 0 N–H and O–H groups in total. The number of aliphatic imine (C=N–C) groups is 1. The van der Waals surface area contributed by atoms with Gasteiger partial charge in [-0.15, -0.1) is 0 Å². The summed E-state index contributed by atoms with van der Waals surface area (Å²) < 4.78 is 5.92. The summed E-state index contributed by atoms with van der Waals surface area (Å²) in [6.45, 7) is 0.434. The second-order valence-corrected chi connectivity index (χ2v) is 6.85. The summed E-state index contributed by atoms with van der Waals surface area (Å²) in [6, 6.07) is 27.6. The molecule has 3 aromatic carbocycles. The Labute approximate surface area is 163 Å². The van der Waals surface area contributed by atoms with Crippen molar-refractivity contribution in [3.8, 4) is 0 Å². The predicted octanol–water partition coefficient (Wildman–Crippen LogP) is 6.89. The summed E-state index contributed by atoms with van der Waals surface area (Å²) in [7, 11) is 0. The molecule has 0 atom stereocenters. The molecule has 0 amide bonds. The minimum absolute atomic E-state index is 0.434. The summed E-state index contributed by atoms with van der Waals surface area (Å²) in [6.07, 6.45) is 1.89. The van der Waals surface area contributed by atoms with E-state index in [0.717, 1.165) is 11.3 Å². The predicted molar refractivity (Wildman–Crippen MR) is 111 cm³/mol. The molecule has 26 heavy (non-hydrogen) atoms. The molecular weight excluding hydrogens is 362 g/mol. The number of para-hydroxylation sites is 1. The first kappa shape index (κ1) is 18.3. The zero-order valence-corrected chi connectivity index (χ0v) is 15.7. The van der Waals surface area contributed by atoms with Gasteiger partial charge in [-0.1, -0.05) is 71.9 Å². The highest BCUT2D eigenvalue weighted by Crippen LogP contribution is 2.19. The standard InChI is InChI=1S/C22H18ClNOS/c23-19-13-11-18(12-14-19)17-25-22(24-20-7-3-1-4-8-20)15-16-26-21-9-5-2-6-10-21/h1-16H,17H2. The Bertz CT molecular complexity index is 862. The lowest BCUT2D eigenvalue weighted by Gasteiger charge is -2.07. The lowest BCUT2D eigenvalue weighted by atomic mass is 10.2. The average molecular weight is 380 g/mol. The molecule has 0 spiro atoms. The number of thioether (sulfide) groups is 1. The third kappa shape index (κ3) is 6.10. The molecule has 0 saturated heterocycles. The Morgan fingerprint density at radius 3 is 2.23 bits per heavy atom. The van der Waals surface area contributed by atoms with Crippen molar-refractivity contribution in [1.29, 1.82) is 0 Å². The van der Waals surface area contributed by atoms with Crippen molar-refractivity contribution < 1.29 is 4.74 Å². The van der Waals surface area contributed by atoms with E-state index in [2.05, 4.69) is 17.1 Å². The van der Waals surface area contributed by atoms with Gasteiger partial charge < -0.3 is 4.74 Å². The fourth-order valence-electron chi connectivity index (χ4n) is 2.16. The second kappa shape index (κ2) is 9.85. The van der Waals surface area contributed by atoms with Crippen molar-refractivity contribution in [2.75, 3.05) is 0 Å². The van der Waals surface area contributed by atoms with Crippen LogP contribution in [0.2, 0.25) is 5.02 Å². The van der Waals surface area contributed by atoms with Gasteiger partial charge in [-0.3, -0.25) is 0 Å². The normalized spacial score (nSPS) is 11.7. The van der Waals surface area contributed by atoms with Crippen LogP contribution in [0.3, 0.4) is 0 Å². The van der Waals surface area contributed by atoms with Crippen molar-refractivity contribution >= 4 is 34.9 Å². The zero-order chi connectivity index (χ0) is 18.0. The van der Waals surface area contributed by atoms with Crippen LogP contribution in [-0.2, 0) is 11.3 Å². The van der Waals surface area contributed by atoms with E-state index in [-0.39, 0.29) is 0 Å². The van der Waals surface area contributed by atoms with E-state index in [0.29, 0.717) is 17.5 Å². The van der Waals surface area contributed by atoms with Gasteiger partial charge in [0.25, 0.3) is 0 Å². The smallest absolute Gasteiger partial charge is 0.214 e. The molecule has 0 aliphatic heterocycles. The molecule has 130 valence electrons. The maximum absolute atomic E-state index is 5.93. The van der Waals surface area contributed by atoms with Crippen LogP contribution in [-0.4, -0.2) is 5.90 Å². The van der Waals surface area contributed by atoms with Gasteiger partial charge in [0.1, 0.15) is 6.61 Å². The van der Waals surface area contributed by atoms with Crippen LogP contribution in [0.1, 0.15) is 5.56 Å². The maximum atomic E-state index is 5.93. The van der Waals surface area contributed by atoms with Crippen molar-refractivity contribution in [3.63, 3.8) is 0 Å². The highest BCUT2D eigenvalue weighted by Gasteiger charge is 2.00. The first-order chi connectivity index (χ1) is 12.8. The van der Waals surface area contributed by atoms with Gasteiger partial charge >= 0.3 is 0 Å². The Kier molecular flexibility index (Phi) is 6.94. The zero-order valence-electron chi connectivity index (χ0n) is 14.1. The van der Waals surface area contributed by atoms with Gasteiger partial charge in [0, 0.05) is 16.0 Å². The fourth-order valence-corrected chi connectivity index (χ4v) is 2.94. The van der Waals surface area contributed by atoms with Crippen molar-refractivity contribution in [2.45, 2.75) is 11.5 Å². The fraction of sp³-hybridized carbons (Fsp3) is 0.0455. The Morgan fingerprint density at radius 2 is 1.54 bits per heavy atom. The number of hydrogen-bond acceptors (Lipinski definition) is 3. The molecule has 3 aromatic rings. The van der Waals surface area contributed by atoms with E-state index in [9.17, 15) is 0 Å². The summed E-state index contributed by atoms with van der Waals surface area (Å²) in [4.78, 5) is 5.76. The van der Waals surface area contributed by atoms with Crippen LogP contribution in [0.25, 0.3) is 0 Å². The number of nitrogens with zero attached hydrogens (tertiary/aromatic N) is 1. The molecule has 0 fully saturated rings. The summed E-state index contributed by atoms with van der Waals surface area (Å²) in [5.41, 5.74) is 1.90. The maximum Gasteiger partial charge on any atom is 0.214 e. The third-order valence-electron chi connectivity index (χ3n) is 3.45. The van der Waals surface area contributed by atoms with E-state index in [1.54, 1.807) is 11.8 Å². The van der Waals surface area contributed by atoms with Crippen molar-refractivity contribution in [2.24, 2.45) is 4.99 Å². The topological polar surface area (TPSA) is 21.6 Å². The van der Waals surface area contributed by atoms with Gasteiger partial charge in [-0.2, -0.15) is 0 Å². The number of halogens is 1. The molecule has 3 rings (SSSR count). The SMILES string of the molecule is Clc1ccc(COC(C=CSc2ccccc2)=Nc2ccccc2)cc1. The molecule has 0 aliphatic rings. The molecule has 4 heteroatoms. The van der Waals surface area contributed by atoms with Crippen LogP contribution in [0.4, 0.5) is 5.69 Å². The van der Waals surface area contributed by atoms with Crippen LogP contribution >= 0.6 is 23.4 Å². The first-order valence-electron chi connectivity index (χ1n) is 8.19. The molecule has 0 radical (unpaired) electrons. The first-order valence-corrected chi connectivity index (χ1v) is 9.44. The van der Waals surface area contributed by atoms with Gasteiger partial charge in [0.15, 0.2) is 0 Å². The highest BCUT2D eigenvalue weighted by atomic mass is 35.5.